The van der Waals surface area contributed by atoms with Crippen molar-refractivity contribution in [2.45, 2.75) is 47.0 Å². The summed E-state index contributed by atoms with van der Waals surface area (Å²) < 4.78 is 4.81. The van der Waals surface area contributed by atoms with Gasteiger partial charge in [-0.3, -0.25) is 0 Å². The monoisotopic (exact) mass is 1120 g/mol. The van der Waals surface area contributed by atoms with Crippen LogP contribution in [0.2, 0.25) is 0 Å². The molecule has 0 amide bonds. The predicted molar refractivity (Wildman–Crippen MR) is 378 cm³/mol. The van der Waals surface area contributed by atoms with Crippen molar-refractivity contribution in [3.63, 3.8) is 0 Å². The Morgan fingerprint density at radius 3 is 1.40 bits per heavy atom. The Morgan fingerprint density at radius 1 is 0.391 bits per heavy atom. The number of hydrogen-bond donors (Lipinski definition) is 0. The summed E-state index contributed by atoms with van der Waals surface area (Å²) in [4.78, 5) is 5.12. The molecule has 0 radical (unpaired) electrons. The molecule has 0 fully saturated rings. The van der Waals surface area contributed by atoms with Crippen LogP contribution in [0.25, 0.3) is 128 Å². The maximum absolute atomic E-state index is 5.12. The number of benzene rings is 10. The molecule has 3 heterocycles. The van der Waals surface area contributed by atoms with Crippen LogP contribution >= 0.6 is 0 Å². The highest BCUT2D eigenvalue weighted by atomic mass is 15.0. The van der Waals surface area contributed by atoms with E-state index in [0.717, 1.165) is 58.6 Å². The summed E-state index contributed by atoms with van der Waals surface area (Å²) in [5.74, 6) is 0. The van der Waals surface area contributed by atoms with Crippen LogP contribution < -0.4 is 0 Å². The lowest BCUT2D eigenvalue weighted by molar-refractivity contribution is 1.05. The molecule has 0 saturated carbocycles. The number of hydrogen-bond acceptors (Lipinski definition) is 1. The highest BCUT2D eigenvalue weighted by molar-refractivity contribution is 6.13. The smallest absolute Gasteiger partial charge is 0.0715 e. The van der Waals surface area contributed by atoms with Crippen LogP contribution in [0.3, 0.4) is 0 Å². The lowest BCUT2D eigenvalue weighted by atomic mass is 9.95. The van der Waals surface area contributed by atoms with E-state index in [0.29, 0.717) is 0 Å². The third-order valence-corrected chi connectivity index (χ3v) is 15.9. The lowest BCUT2D eigenvalue weighted by Crippen LogP contribution is -1.94. The lowest BCUT2D eigenvalue weighted by Gasteiger charge is -2.12. The van der Waals surface area contributed by atoms with Crippen molar-refractivity contribution in [3.8, 4) is 72.7 Å². The molecule has 3 aromatic heterocycles. The molecule has 0 bridgehead atoms. The van der Waals surface area contributed by atoms with Crippen LogP contribution in [0.15, 0.2) is 323 Å². The molecule has 0 aliphatic carbocycles. The van der Waals surface area contributed by atoms with Gasteiger partial charge in [0.2, 0.25) is 0 Å². The van der Waals surface area contributed by atoms with Crippen LogP contribution in [0.5, 0.6) is 0 Å². The van der Waals surface area contributed by atoms with Crippen molar-refractivity contribution in [1.82, 2.24) is 14.1 Å². The average molecular weight is 1120 g/mol. The van der Waals surface area contributed by atoms with E-state index in [1.165, 1.54) is 93.8 Å². The summed E-state index contributed by atoms with van der Waals surface area (Å²) in [5, 5.41) is 5.01. The number of fused-ring (bicyclic) bond motifs is 6. The molecule has 10 aromatic carbocycles. The first-order valence-electron chi connectivity index (χ1n) is 30.3. The van der Waals surface area contributed by atoms with Crippen molar-refractivity contribution < 1.29 is 0 Å². The zero-order valence-electron chi connectivity index (χ0n) is 50.3. The molecule has 424 valence electrons. The van der Waals surface area contributed by atoms with Gasteiger partial charge in [-0.05, 0) is 175 Å². The van der Waals surface area contributed by atoms with Crippen molar-refractivity contribution in [2.24, 2.45) is 0 Å². The molecule has 87 heavy (non-hydrogen) atoms. The van der Waals surface area contributed by atoms with Crippen molar-refractivity contribution in [1.29, 1.82) is 0 Å². The van der Waals surface area contributed by atoms with Crippen LogP contribution in [0.1, 0.15) is 52.5 Å². The van der Waals surface area contributed by atoms with E-state index < -0.39 is 0 Å². The zero-order valence-corrected chi connectivity index (χ0v) is 50.3. The molecule has 13 aromatic rings. The van der Waals surface area contributed by atoms with Crippen LogP contribution in [0, 0.1) is 0 Å². The molecule has 3 nitrogen and oxygen atoms in total. The fourth-order valence-electron chi connectivity index (χ4n) is 11.6. The van der Waals surface area contributed by atoms with Crippen molar-refractivity contribution in [2.75, 3.05) is 0 Å². The standard InChI is InChI=1S/C66H49N3.C14H18.C4H6/c1-3-17-55(18-4-2)68-63-29-13-11-27-57(63)59-41-52(33-37-65(59)68)53-34-38-66-60(42-53)58-28-12-14-30-64(58)69(66)56-35-31-45(32-36-56)48-23-15-24-49(39-48)50-25-16-26-51(40-50)54-43-61(46-19-7-5-8-20-46)67-62(44-54)47-21-9-6-10-22-47;1-3-4-5-7-10-13(2)14-11-8-6-9-12-14;1-3-4-2/h3,5-44H,4H2,1-2H3;3-4,6,8-12H,5,7H2,1-2H3;3-4H,1-2H2/b17-3-,55-18+;4-3-,13-10+;. The number of aromatic nitrogens is 3. The first-order valence-corrected chi connectivity index (χ1v) is 30.3. The fraction of sp³-hybridized carbons (Fsp3) is 0.0833. The summed E-state index contributed by atoms with van der Waals surface area (Å²) in [7, 11) is 0. The third-order valence-electron chi connectivity index (χ3n) is 15.9. The molecule has 3 heteroatoms. The Kier molecular flexibility index (Phi) is 18.6. The Morgan fingerprint density at radius 2 is 0.839 bits per heavy atom. The van der Waals surface area contributed by atoms with E-state index in [4.69, 9.17) is 4.98 Å². The van der Waals surface area contributed by atoms with E-state index in [2.05, 4.69) is 335 Å². The van der Waals surface area contributed by atoms with Gasteiger partial charge in [-0.2, -0.15) is 0 Å². The second-order valence-corrected chi connectivity index (χ2v) is 21.6. The van der Waals surface area contributed by atoms with Gasteiger partial charge in [0.1, 0.15) is 0 Å². The SMILES string of the molecule is C/C=C\C(=C/CC)n1c2ccccc2c2cc(-c3ccc4c(c3)c3ccccc3n4-c3ccc(-c4cccc(-c5cccc(-c6cc(-c7ccccc7)nc(-c7ccccc7)c6)c5)c4)cc3)ccc21.C/C=C\CC/C=C(\C)c1ccccc1.C=CC=C. The Labute approximate surface area is 513 Å². The summed E-state index contributed by atoms with van der Waals surface area (Å²) in [6, 6.07) is 94.2. The molecule has 13 rings (SSSR count). The molecule has 0 spiro atoms. The van der Waals surface area contributed by atoms with Gasteiger partial charge in [0.25, 0.3) is 0 Å². The van der Waals surface area contributed by atoms with E-state index in [-0.39, 0.29) is 0 Å². The Hall–Kier alpha value is -10.6. The van der Waals surface area contributed by atoms with Crippen LogP contribution in [-0.4, -0.2) is 14.1 Å². The number of pyridine rings is 1. The quantitative estimate of drug-likeness (QED) is 0.0570. The van der Waals surface area contributed by atoms with Gasteiger partial charge < -0.3 is 9.13 Å². The number of nitrogens with zero attached hydrogens (tertiary/aromatic N) is 3. The van der Waals surface area contributed by atoms with Gasteiger partial charge in [0.15, 0.2) is 0 Å². The van der Waals surface area contributed by atoms with Gasteiger partial charge in [0.05, 0.1) is 33.5 Å². The topological polar surface area (TPSA) is 22.8 Å². The van der Waals surface area contributed by atoms with E-state index in [1.807, 2.05) is 12.1 Å². The molecule has 0 atom stereocenters. The Balaban J connectivity index is 0.000000378. The predicted octanol–water partition coefficient (Wildman–Crippen LogP) is 23.9. The van der Waals surface area contributed by atoms with Crippen molar-refractivity contribution in [3.05, 3.63) is 328 Å². The molecular formula is C84H73N3. The van der Waals surface area contributed by atoms with Gasteiger partial charge >= 0.3 is 0 Å². The Bertz CT molecular complexity index is 4580. The highest BCUT2D eigenvalue weighted by Crippen LogP contribution is 2.40. The number of unbranched alkanes of at least 4 members (excludes halogenated alkanes) is 1. The molecule has 0 N–H and O–H groups in total. The largest absolute Gasteiger partial charge is 0.310 e. The first-order chi connectivity index (χ1) is 42.9. The third kappa shape index (κ3) is 13.1. The highest BCUT2D eigenvalue weighted by Gasteiger charge is 2.17. The zero-order chi connectivity index (χ0) is 59.9. The molecular weight excluding hydrogens is 1050 g/mol. The molecule has 0 aliphatic heterocycles. The van der Waals surface area contributed by atoms with E-state index in [9.17, 15) is 0 Å². The second kappa shape index (κ2) is 27.9. The molecule has 0 aliphatic rings. The van der Waals surface area contributed by atoms with E-state index >= 15 is 0 Å². The van der Waals surface area contributed by atoms with Gasteiger partial charge in [-0.1, -0.05) is 251 Å². The number of allylic oxidation sites excluding steroid dienone is 10. The minimum Gasteiger partial charge on any atom is -0.310 e. The maximum Gasteiger partial charge on any atom is 0.0715 e. The van der Waals surface area contributed by atoms with Gasteiger partial charge in [0, 0.05) is 44.1 Å². The van der Waals surface area contributed by atoms with Gasteiger partial charge in [-0.15, -0.1) is 0 Å². The van der Waals surface area contributed by atoms with E-state index in [1.54, 1.807) is 12.2 Å². The molecule has 0 saturated heterocycles. The number of para-hydroxylation sites is 2. The summed E-state index contributed by atoms with van der Waals surface area (Å²) >= 11 is 0. The van der Waals surface area contributed by atoms with Crippen LogP contribution in [-0.2, 0) is 0 Å². The summed E-state index contributed by atoms with van der Waals surface area (Å²) in [5.41, 5.74) is 23.4. The summed E-state index contributed by atoms with van der Waals surface area (Å²) in [6.45, 7) is 15.2. The minimum atomic E-state index is 0.960. The number of rotatable bonds is 15. The normalized spacial score (nSPS) is 11.7. The fourth-order valence-corrected chi connectivity index (χ4v) is 11.6. The van der Waals surface area contributed by atoms with Gasteiger partial charge in [-0.25, -0.2) is 4.98 Å². The maximum atomic E-state index is 5.12. The molecule has 0 unspecified atom stereocenters. The van der Waals surface area contributed by atoms with Crippen LogP contribution in [0.4, 0.5) is 0 Å². The summed E-state index contributed by atoms with van der Waals surface area (Å²) in [6.07, 6.45) is 19.8. The minimum absolute atomic E-state index is 0.960. The second-order valence-electron chi connectivity index (χ2n) is 21.6. The van der Waals surface area contributed by atoms with Crippen molar-refractivity contribution >= 4 is 54.9 Å². The average Bonchev–Trinajstić information content (AvgIpc) is 1.67. The first kappa shape index (κ1) is 58.2.